The molecule has 0 aliphatic heterocycles. The van der Waals surface area contributed by atoms with Gasteiger partial charge < -0.3 is 9.84 Å². The molecular formula is C11H7F6NO4. The first-order chi connectivity index (χ1) is 9.89. The first-order valence-electron chi connectivity index (χ1n) is 5.34. The third kappa shape index (κ3) is 3.65. The minimum Gasteiger partial charge on any atom is -0.480 e. The average Bonchev–Trinajstić information content (AvgIpc) is 2.36. The Bertz CT molecular complexity index is 595. The largest absolute Gasteiger partial charge is 0.480 e. The fourth-order valence-corrected chi connectivity index (χ4v) is 1.53. The van der Waals surface area contributed by atoms with Gasteiger partial charge in [0.2, 0.25) is 0 Å². The van der Waals surface area contributed by atoms with E-state index in [1.54, 1.807) is 0 Å². The van der Waals surface area contributed by atoms with Gasteiger partial charge in [-0.25, -0.2) is 0 Å². The van der Waals surface area contributed by atoms with Crippen LogP contribution in [0.25, 0.3) is 0 Å². The first-order valence-corrected chi connectivity index (χ1v) is 5.34. The van der Waals surface area contributed by atoms with Crippen LogP contribution in [0.2, 0.25) is 0 Å². The second-order valence-corrected chi connectivity index (χ2v) is 3.95. The van der Waals surface area contributed by atoms with Crippen LogP contribution in [0.1, 0.15) is 22.7 Å². The number of ether oxygens (including phenoxy) is 1. The van der Waals surface area contributed by atoms with E-state index < -0.39 is 47.0 Å². The summed E-state index contributed by atoms with van der Waals surface area (Å²) in [4.78, 5) is 25.1. The molecule has 1 rings (SSSR count). The molecule has 11 heteroatoms. The molecule has 0 aromatic carbocycles. The van der Waals surface area contributed by atoms with Crippen LogP contribution in [-0.2, 0) is 26.7 Å². The molecule has 1 aromatic heterocycles. The highest BCUT2D eigenvalue weighted by molar-refractivity contribution is 5.99. The van der Waals surface area contributed by atoms with Gasteiger partial charge in [-0.15, -0.1) is 0 Å². The Morgan fingerprint density at radius 1 is 1.18 bits per heavy atom. The van der Waals surface area contributed by atoms with Gasteiger partial charge in [0.05, 0.1) is 23.9 Å². The lowest BCUT2D eigenvalue weighted by Gasteiger charge is -2.17. The fraction of sp³-hybridized carbons (Fsp3) is 0.364. The number of carbonyl (C=O) groups excluding carboxylic acids is 1. The maximum atomic E-state index is 12.9. The van der Waals surface area contributed by atoms with Crippen molar-refractivity contribution in [1.82, 2.24) is 4.98 Å². The maximum absolute atomic E-state index is 12.9. The van der Waals surface area contributed by atoms with Gasteiger partial charge in [0.1, 0.15) is 0 Å². The fourth-order valence-electron chi connectivity index (χ4n) is 1.53. The molecular weight excluding hydrogens is 324 g/mol. The number of rotatable bonds is 3. The number of nitrogens with zero attached hydrogens (tertiary/aromatic N) is 1. The molecule has 1 N–H and O–H groups in total. The second kappa shape index (κ2) is 5.81. The Hall–Kier alpha value is -2.33. The van der Waals surface area contributed by atoms with Crippen molar-refractivity contribution in [2.24, 2.45) is 0 Å². The zero-order chi connectivity index (χ0) is 17.3. The molecule has 0 saturated carbocycles. The number of esters is 1. The van der Waals surface area contributed by atoms with Gasteiger partial charge >= 0.3 is 24.3 Å². The van der Waals surface area contributed by atoms with E-state index in [2.05, 4.69) is 9.72 Å². The van der Waals surface area contributed by atoms with Crippen molar-refractivity contribution in [3.8, 4) is 0 Å². The third-order valence-electron chi connectivity index (χ3n) is 2.51. The zero-order valence-electron chi connectivity index (χ0n) is 10.6. The van der Waals surface area contributed by atoms with Gasteiger partial charge in [-0.1, -0.05) is 0 Å². The average molecular weight is 331 g/mol. The van der Waals surface area contributed by atoms with Crippen LogP contribution in [-0.4, -0.2) is 29.1 Å². The molecule has 0 aliphatic carbocycles. The molecule has 1 atom stereocenters. The minimum atomic E-state index is -5.34. The van der Waals surface area contributed by atoms with E-state index in [1.807, 2.05) is 0 Å². The van der Waals surface area contributed by atoms with Crippen molar-refractivity contribution < 1.29 is 45.8 Å². The topological polar surface area (TPSA) is 76.5 Å². The Morgan fingerprint density at radius 2 is 1.73 bits per heavy atom. The van der Waals surface area contributed by atoms with Crippen LogP contribution in [0, 0.1) is 0 Å². The summed E-state index contributed by atoms with van der Waals surface area (Å²) < 4.78 is 80.0. The van der Waals surface area contributed by atoms with E-state index in [4.69, 9.17) is 5.11 Å². The van der Waals surface area contributed by atoms with E-state index in [-0.39, 0.29) is 12.3 Å². The minimum absolute atomic E-state index is 0.0173. The predicted octanol–water partition coefficient (Wildman–Crippen LogP) is 2.46. The van der Waals surface area contributed by atoms with Gasteiger partial charge in [0.25, 0.3) is 0 Å². The summed E-state index contributed by atoms with van der Waals surface area (Å²) >= 11 is 0. The molecule has 0 spiro atoms. The van der Waals surface area contributed by atoms with Crippen LogP contribution in [0.3, 0.4) is 0 Å². The van der Waals surface area contributed by atoms with E-state index in [1.165, 1.54) is 0 Å². The molecule has 0 aliphatic rings. The molecule has 0 radical (unpaired) electrons. The SMILES string of the molecule is COC(=O)C(C(=O)O)c1ncc(C(F)(F)F)cc1C(F)(F)F. The highest BCUT2D eigenvalue weighted by atomic mass is 19.4. The number of alkyl halides is 6. The number of hydrogen-bond donors (Lipinski definition) is 1. The number of hydrogen-bond acceptors (Lipinski definition) is 4. The lowest BCUT2D eigenvalue weighted by molar-refractivity contribution is -0.153. The lowest BCUT2D eigenvalue weighted by atomic mass is 9.98. The first kappa shape index (κ1) is 17.7. The molecule has 1 unspecified atom stereocenters. The highest BCUT2D eigenvalue weighted by Crippen LogP contribution is 2.38. The van der Waals surface area contributed by atoms with Crippen molar-refractivity contribution in [2.45, 2.75) is 18.3 Å². The number of aromatic nitrogens is 1. The molecule has 22 heavy (non-hydrogen) atoms. The molecule has 0 bridgehead atoms. The monoisotopic (exact) mass is 331 g/mol. The molecule has 0 fully saturated rings. The maximum Gasteiger partial charge on any atom is 0.418 e. The van der Waals surface area contributed by atoms with Crippen molar-refractivity contribution in [3.05, 3.63) is 29.1 Å². The predicted molar refractivity (Wildman–Crippen MR) is 56.6 cm³/mol. The summed E-state index contributed by atoms with van der Waals surface area (Å²) in [5.41, 5.74) is -5.07. The van der Waals surface area contributed by atoms with Gasteiger partial charge in [0.15, 0.2) is 5.92 Å². The Kier molecular flexibility index (Phi) is 4.68. The molecule has 0 amide bonds. The second-order valence-electron chi connectivity index (χ2n) is 3.95. The Morgan fingerprint density at radius 3 is 2.09 bits per heavy atom. The number of carboxylic acid groups (broad SMARTS) is 1. The Labute approximate surface area is 118 Å². The van der Waals surface area contributed by atoms with Gasteiger partial charge in [-0.2, -0.15) is 26.3 Å². The standard InChI is InChI=1S/C11H7F6NO4/c1-22-9(21)6(8(19)20)7-5(11(15,16)17)2-4(3-18-7)10(12,13)14/h2-3,6H,1H3,(H,19,20). The van der Waals surface area contributed by atoms with Crippen molar-refractivity contribution in [2.75, 3.05) is 7.11 Å². The highest BCUT2D eigenvalue weighted by Gasteiger charge is 2.44. The van der Waals surface area contributed by atoms with Crippen LogP contribution in [0.4, 0.5) is 26.3 Å². The Balaban J connectivity index is 3.60. The number of pyridine rings is 1. The number of halogens is 6. The summed E-state index contributed by atoms with van der Waals surface area (Å²) in [6, 6.07) is -0.304. The zero-order valence-corrected chi connectivity index (χ0v) is 10.6. The van der Waals surface area contributed by atoms with Crippen LogP contribution < -0.4 is 0 Å². The summed E-state index contributed by atoms with van der Waals surface area (Å²) in [6.45, 7) is 0. The number of carbonyl (C=O) groups is 2. The number of aliphatic carboxylic acids is 1. The number of carboxylic acids is 1. The number of methoxy groups -OCH3 is 1. The lowest BCUT2D eigenvalue weighted by Crippen LogP contribution is -2.27. The van der Waals surface area contributed by atoms with Crippen LogP contribution >= 0.6 is 0 Å². The van der Waals surface area contributed by atoms with E-state index >= 15 is 0 Å². The smallest absolute Gasteiger partial charge is 0.418 e. The quantitative estimate of drug-likeness (QED) is 0.523. The van der Waals surface area contributed by atoms with Gasteiger partial charge in [-0.3, -0.25) is 14.6 Å². The van der Waals surface area contributed by atoms with E-state index in [9.17, 15) is 35.9 Å². The molecule has 0 saturated heterocycles. The summed E-state index contributed by atoms with van der Waals surface area (Å²) in [5, 5.41) is 8.82. The van der Waals surface area contributed by atoms with Crippen molar-refractivity contribution in [3.63, 3.8) is 0 Å². The van der Waals surface area contributed by atoms with Crippen LogP contribution in [0.15, 0.2) is 12.3 Å². The summed E-state index contributed by atoms with van der Waals surface area (Å²) in [5.74, 6) is -6.13. The van der Waals surface area contributed by atoms with E-state index in [0.717, 1.165) is 7.11 Å². The van der Waals surface area contributed by atoms with E-state index in [0.29, 0.717) is 0 Å². The molecule has 1 aromatic rings. The van der Waals surface area contributed by atoms with Crippen molar-refractivity contribution in [1.29, 1.82) is 0 Å². The third-order valence-corrected chi connectivity index (χ3v) is 2.51. The van der Waals surface area contributed by atoms with Crippen LogP contribution in [0.5, 0.6) is 0 Å². The van der Waals surface area contributed by atoms with Gasteiger partial charge in [0, 0.05) is 6.20 Å². The molecule has 5 nitrogen and oxygen atoms in total. The van der Waals surface area contributed by atoms with Gasteiger partial charge in [-0.05, 0) is 6.07 Å². The van der Waals surface area contributed by atoms with Crippen molar-refractivity contribution >= 4 is 11.9 Å². The summed E-state index contributed by atoms with van der Waals surface area (Å²) in [6.07, 6.45) is -10.4. The molecule has 122 valence electrons. The summed E-state index contributed by atoms with van der Waals surface area (Å²) in [7, 11) is 0.718. The molecule has 1 heterocycles. The normalized spacial score (nSPS) is 13.6.